The molecular formula is C10H8FNO. The first-order valence-corrected chi connectivity index (χ1v) is 3.91. The van der Waals surface area contributed by atoms with Crippen LogP contribution in [0.3, 0.4) is 0 Å². The van der Waals surface area contributed by atoms with Crippen LogP contribution >= 0.6 is 0 Å². The van der Waals surface area contributed by atoms with Gasteiger partial charge in [-0.3, -0.25) is 0 Å². The van der Waals surface area contributed by atoms with E-state index in [-0.39, 0.29) is 5.82 Å². The summed E-state index contributed by atoms with van der Waals surface area (Å²) in [6.45, 7) is 1.65. The van der Waals surface area contributed by atoms with Crippen molar-refractivity contribution in [3.05, 3.63) is 35.8 Å². The molecule has 13 heavy (non-hydrogen) atoms. The fourth-order valence-electron chi connectivity index (χ4n) is 1.32. The molecular weight excluding hydrogens is 169 g/mol. The molecule has 1 aromatic heterocycles. The average Bonchev–Trinajstić information content (AvgIpc) is 2.48. The standard InChI is InChI=1S/C10H8FNO/c1-6(12)7-3-2-4-8-9(11)5-13-10(7)8/h2-5,12H,1H3. The average molecular weight is 177 g/mol. The van der Waals surface area contributed by atoms with Gasteiger partial charge in [-0.1, -0.05) is 6.07 Å². The monoisotopic (exact) mass is 177 g/mol. The van der Waals surface area contributed by atoms with Crippen molar-refractivity contribution in [2.45, 2.75) is 6.92 Å². The summed E-state index contributed by atoms with van der Waals surface area (Å²) in [5.74, 6) is -0.377. The lowest BCUT2D eigenvalue weighted by Crippen LogP contribution is -1.91. The van der Waals surface area contributed by atoms with Crippen molar-refractivity contribution in [3.8, 4) is 0 Å². The lowest BCUT2D eigenvalue weighted by atomic mass is 10.1. The third-order valence-electron chi connectivity index (χ3n) is 1.96. The van der Waals surface area contributed by atoms with Crippen LogP contribution < -0.4 is 0 Å². The topological polar surface area (TPSA) is 37.0 Å². The molecule has 3 heteroatoms. The molecule has 0 unspecified atom stereocenters. The van der Waals surface area contributed by atoms with Gasteiger partial charge in [-0.2, -0.15) is 0 Å². The van der Waals surface area contributed by atoms with E-state index in [1.165, 1.54) is 0 Å². The molecule has 0 saturated carbocycles. The van der Waals surface area contributed by atoms with Crippen LogP contribution in [0.2, 0.25) is 0 Å². The number of rotatable bonds is 1. The molecule has 0 aliphatic carbocycles. The second-order valence-corrected chi connectivity index (χ2v) is 2.89. The Balaban J connectivity index is 2.84. The van der Waals surface area contributed by atoms with Crippen LogP contribution in [0.5, 0.6) is 0 Å². The van der Waals surface area contributed by atoms with E-state index < -0.39 is 0 Å². The van der Waals surface area contributed by atoms with E-state index in [0.29, 0.717) is 22.2 Å². The number of halogens is 1. The highest BCUT2D eigenvalue weighted by atomic mass is 19.1. The van der Waals surface area contributed by atoms with Gasteiger partial charge < -0.3 is 9.83 Å². The minimum Gasteiger partial charge on any atom is -0.460 e. The van der Waals surface area contributed by atoms with Crippen molar-refractivity contribution in [2.24, 2.45) is 0 Å². The molecule has 1 aromatic carbocycles. The van der Waals surface area contributed by atoms with E-state index in [1.54, 1.807) is 25.1 Å². The minimum atomic E-state index is -0.377. The summed E-state index contributed by atoms with van der Waals surface area (Å²) in [5, 5.41) is 7.88. The third-order valence-corrected chi connectivity index (χ3v) is 1.96. The third kappa shape index (κ3) is 1.13. The smallest absolute Gasteiger partial charge is 0.169 e. The van der Waals surface area contributed by atoms with E-state index in [0.717, 1.165) is 6.26 Å². The summed E-state index contributed by atoms with van der Waals surface area (Å²) in [6.07, 6.45) is 1.07. The van der Waals surface area contributed by atoms with Crippen molar-refractivity contribution in [1.82, 2.24) is 0 Å². The number of fused-ring (bicyclic) bond motifs is 1. The maximum atomic E-state index is 13.0. The Labute approximate surface area is 74.5 Å². The molecule has 2 rings (SSSR count). The van der Waals surface area contributed by atoms with Crippen molar-refractivity contribution in [3.63, 3.8) is 0 Å². The summed E-state index contributed by atoms with van der Waals surface area (Å²) < 4.78 is 18.1. The van der Waals surface area contributed by atoms with Crippen LogP contribution in [0, 0.1) is 11.2 Å². The normalized spacial score (nSPS) is 10.6. The second kappa shape index (κ2) is 2.69. The highest BCUT2D eigenvalue weighted by molar-refractivity contribution is 6.06. The van der Waals surface area contributed by atoms with Gasteiger partial charge in [0.1, 0.15) is 11.8 Å². The van der Waals surface area contributed by atoms with Crippen molar-refractivity contribution >= 4 is 16.7 Å². The maximum Gasteiger partial charge on any atom is 0.169 e. The van der Waals surface area contributed by atoms with Gasteiger partial charge >= 0.3 is 0 Å². The first kappa shape index (κ1) is 7.98. The Bertz CT molecular complexity index is 473. The molecule has 0 bridgehead atoms. The highest BCUT2D eigenvalue weighted by Crippen LogP contribution is 2.23. The predicted octanol–water partition coefficient (Wildman–Crippen LogP) is 2.96. The first-order valence-electron chi connectivity index (χ1n) is 3.91. The number of para-hydroxylation sites is 1. The van der Waals surface area contributed by atoms with Crippen LogP contribution in [0.1, 0.15) is 12.5 Å². The fourth-order valence-corrected chi connectivity index (χ4v) is 1.32. The van der Waals surface area contributed by atoms with Gasteiger partial charge in [0.25, 0.3) is 0 Å². The molecule has 0 saturated heterocycles. The molecule has 1 heterocycles. The zero-order chi connectivity index (χ0) is 9.42. The van der Waals surface area contributed by atoms with E-state index in [4.69, 9.17) is 9.83 Å². The molecule has 0 aliphatic heterocycles. The minimum absolute atomic E-state index is 0.375. The zero-order valence-corrected chi connectivity index (χ0v) is 7.10. The number of hydrogen-bond donors (Lipinski definition) is 1. The van der Waals surface area contributed by atoms with Crippen LogP contribution in [-0.2, 0) is 0 Å². The summed E-state index contributed by atoms with van der Waals surface area (Å²) in [6, 6.07) is 5.10. The molecule has 1 N–H and O–H groups in total. The molecule has 66 valence electrons. The van der Waals surface area contributed by atoms with E-state index in [1.807, 2.05) is 0 Å². The summed E-state index contributed by atoms with van der Waals surface area (Å²) in [5.41, 5.74) is 1.47. The van der Waals surface area contributed by atoms with Gasteiger partial charge in [0.15, 0.2) is 5.82 Å². The lowest BCUT2D eigenvalue weighted by Gasteiger charge is -1.97. The summed E-state index contributed by atoms with van der Waals surface area (Å²) >= 11 is 0. The Morgan fingerprint density at radius 1 is 1.46 bits per heavy atom. The number of furan rings is 1. The number of nitrogens with one attached hydrogen (secondary N) is 1. The van der Waals surface area contributed by atoms with Gasteiger partial charge in [0.05, 0.1) is 5.39 Å². The van der Waals surface area contributed by atoms with Crippen molar-refractivity contribution < 1.29 is 8.81 Å². The summed E-state index contributed by atoms with van der Waals surface area (Å²) in [4.78, 5) is 0. The van der Waals surface area contributed by atoms with Crippen LogP contribution in [0.15, 0.2) is 28.9 Å². The van der Waals surface area contributed by atoms with Gasteiger partial charge in [-0.15, -0.1) is 0 Å². The predicted molar refractivity (Wildman–Crippen MR) is 48.7 cm³/mol. The van der Waals surface area contributed by atoms with Gasteiger partial charge in [-0.25, -0.2) is 4.39 Å². The number of benzene rings is 1. The second-order valence-electron chi connectivity index (χ2n) is 2.89. The Hall–Kier alpha value is -1.64. The molecule has 0 spiro atoms. The first-order chi connectivity index (χ1) is 6.20. The van der Waals surface area contributed by atoms with Gasteiger partial charge in [0, 0.05) is 11.3 Å². The van der Waals surface area contributed by atoms with Crippen LogP contribution in [-0.4, -0.2) is 5.71 Å². The largest absolute Gasteiger partial charge is 0.460 e. The van der Waals surface area contributed by atoms with Crippen LogP contribution in [0.25, 0.3) is 11.0 Å². The fraction of sp³-hybridized carbons (Fsp3) is 0.100. The molecule has 2 nitrogen and oxygen atoms in total. The lowest BCUT2D eigenvalue weighted by molar-refractivity contribution is 0.558. The Morgan fingerprint density at radius 2 is 2.23 bits per heavy atom. The summed E-state index contributed by atoms with van der Waals surface area (Å²) in [7, 11) is 0. The van der Waals surface area contributed by atoms with E-state index >= 15 is 0 Å². The molecule has 0 fully saturated rings. The van der Waals surface area contributed by atoms with E-state index in [2.05, 4.69) is 0 Å². The van der Waals surface area contributed by atoms with Crippen LogP contribution in [0.4, 0.5) is 4.39 Å². The quantitative estimate of drug-likeness (QED) is 0.668. The molecule has 0 amide bonds. The van der Waals surface area contributed by atoms with E-state index in [9.17, 15) is 4.39 Å². The molecule has 0 atom stereocenters. The maximum absolute atomic E-state index is 13.0. The van der Waals surface area contributed by atoms with Crippen molar-refractivity contribution in [2.75, 3.05) is 0 Å². The SMILES string of the molecule is CC(=N)c1cccc2c(F)coc12. The molecule has 0 aliphatic rings. The number of hydrogen-bond acceptors (Lipinski definition) is 2. The van der Waals surface area contributed by atoms with Gasteiger partial charge in [-0.05, 0) is 19.1 Å². The van der Waals surface area contributed by atoms with Gasteiger partial charge in [0.2, 0.25) is 0 Å². The van der Waals surface area contributed by atoms with Crippen molar-refractivity contribution in [1.29, 1.82) is 5.41 Å². The highest BCUT2D eigenvalue weighted by Gasteiger charge is 2.09. The Morgan fingerprint density at radius 3 is 2.92 bits per heavy atom. The Kier molecular flexibility index (Phi) is 1.65. The molecule has 0 radical (unpaired) electrons. The zero-order valence-electron chi connectivity index (χ0n) is 7.10. The molecule has 2 aromatic rings.